The number of anilines is 1. The van der Waals surface area contributed by atoms with Crippen LogP contribution in [0.3, 0.4) is 0 Å². The van der Waals surface area contributed by atoms with Crippen LogP contribution in [0.4, 0.5) is 5.13 Å². The van der Waals surface area contributed by atoms with Crippen molar-refractivity contribution in [1.29, 1.82) is 0 Å². The number of carbonyl (C=O) groups is 1. The molecule has 0 aliphatic heterocycles. The minimum atomic E-state index is -0.215. The number of rotatable bonds is 5. The summed E-state index contributed by atoms with van der Waals surface area (Å²) in [5.74, 6) is -0.0811. The molecule has 0 aliphatic carbocycles. The van der Waals surface area contributed by atoms with Crippen LogP contribution in [-0.2, 0) is 4.79 Å². The average molecular weight is 420 g/mol. The molecular formula is C17H14BrN3OS2. The van der Waals surface area contributed by atoms with E-state index in [0.29, 0.717) is 5.13 Å². The molecule has 7 heteroatoms. The van der Waals surface area contributed by atoms with Crippen molar-refractivity contribution in [3.63, 3.8) is 0 Å². The molecule has 1 unspecified atom stereocenters. The van der Waals surface area contributed by atoms with Gasteiger partial charge in [-0.15, -0.1) is 22.0 Å². The Morgan fingerprint density at radius 3 is 2.54 bits per heavy atom. The quantitative estimate of drug-likeness (QED) is 0.585. The van der Waals surface area contributed by atoms with E-state index in [9.17, 15) is 4.79 Å². The molecule has 122 valence electrons. The lowest BCUT2D eigenvalue weighted by atomic mass is 10.2. The van der Waals surface area contributed by atoms with Crippen molar-refractivity contribution in [2.45, 2.75) is 17.1 Å². The topological polar surface area (TPSA) is 54.9 Å². The van der Waals surface area contributed by atoms with Crippen LogP contribution in [0, 0.1) is 0 Å². The third kappa shape index (κ3) is 4.43. The van der Waals surface area contributed by atoms with Crippen LogP contribution in [0.2, 0.25) is 0 Å². The molecule has 0 spiro atoms. The van der Waals surface area contributed by atoms with Crippen molar-refractivity contribution in [2.24, 2.45) is 0 Å². The number of aromatic nitrogens is 2. The molecule has 0 fully saturated rings. The van der Waals surface area contributed by atoms with E-state index in [2.05, 4.69) is 31.4 Å². The van der Waals surface area contributed by atoms with Crippen LogP contribution >= 0.6 is 39.0 Å². The van der Waals surface area contributed by atoms with Gasteiger partial charge in [0, 0.05) is 14.9 Å². The number of nitrogens with one attached hydrogen (secondary N) is 1. The smallest absolute Gasteiger partial charge is 0.239 e. The largest absolute Gasteiger partial charge is 0.300 e. The van der Waals surface area contributed by atoms with Crippen LogP contribution in [-0.4, -0.2) is 21.4 Å². The van der Waals surface area contributed by atoms with E-state index < -0.39 is 0 Å². The molecule has 3 aromatic rings. The highest BCUT2D eigenvalue weighted by atomic mass is 79.9. The Labute approximate surface area is 156 Å². The second kappa shape index (κ2) is 7.92. The molecule has 1 N–H and O–H groups in total. The first-order chi connectivity index (χ1) is 11.6. The summed E-state index contributed by atoms with van der Waals surface area (Å²) >= 11 is 6.29. The first-order valence-electron chi connectivity index (χ1n) is 7.24. The Balaban J connectivity index is 1.63. The summed E-state index contributed by atoms with van der Waals surface area (Å²) in [5.41, 5.74) is 0.975. The van der Waals surface area contributed by atoms with Gasteiger partial charge in [0.05, 0.1) is 5.25 Å². The fraction of sp³-hybridized carbons (Fsp3) is 0.118. The number of halogens is 1. The van der Waals surface area contributed by atoms with Crippen molar-refractivity contribution in [3.05, 3.63) is 59.1 Å². The Kier molecular flexibility index (Phi) is 5.65. The monoisotopic (exact) mass is 419 g/mol. The lowest BCUT2D eigenvalue weighted by Gasteiger charge is -2.09. The van der Waals surface area contributed by atoms with Crippen LogP contribution < -0.4 is 5.32 Å². The van der Waals surface area contributed by atoms with Gasteiger partial charge in [0.2, 0.25) is 11.0 Å². The Morgan fingerprint density at radius 1 is 1.12 bits per heavy atom. The van der Waals surface area contributed by atoms with Gasteiger partial charge in [-0.2, -0.15) is 0 Å². The third-order valence-electron chi connectivity index (χ3n) is 3.17. The highest BCUT2D eigenvalue weighted by molar-refractivity contribution is 9.10. The van der Waals surface area contributed by atoms with Gasteiger partial charge in [-0.25, -0.2) is 0 Å². The van der Waals surface area contributed by atoms with Crippen LogP contribution in [0.15, 0.2) is 64.0 Å². The maximum absolute atomic E-state index is 12.3. The second-order valence-corrected chi connectivity index (χ2v) is 8.29. The lowest BCUT2D eigenvalue weighted by molar-refractivity contribution is -0.115. The van der Waals surface area contributed by atoms with Gasteiger partial charge in [0.15, 0.2) is 0 Å². The van der Waals surface area contributed by atoms with Gasteiger partial charge in [0.25, 0.3) is 0 Å². The van der Waals surface area contributed by atoms with Crippen LogP contribution in [0.25, 0.3) is 10.6 Å². The van der Waals surface area contributed by atoms with Crippen LogP contribution in [0.1, 0.15) is 6.92 Å². The second-order valence-electron chi connectivity index (χ2n) is 4.98. The van der Waals surface area contributed by atoms with E-state index >= 15 is 0 Å². The maximum Gasteiger partial charge on any atom is 0.239 e. The molecule has 1 atom stereocenters. The summed E-state index contributed by atoms with van der Waals surface area (Å²) in [6.07, 6.45) is 0. The number of nitrogens with zero attached hydrogens (tertiary/aromatic N) is 2. The van der Waals surface area contributed by atoms with Crippen molar-refractivity contribution < 1.29 is 4.79 Å². The third-order valence-corrected chi connectivity index (χ3v) is 5.70. The molecule has 0 aliphatic rings. The van der Waals surface area contributed by atoms with Gasteiger partial charge in [-0.3, -0.25) is 10.1 Å². The van der Waals surface area contributed by atoms with Crippen molar-refractivity contribution in [2.75, 3.05) is 5.32 Å². The number of thioether (sulfide) groups is 1. The molecule has 1 aromatic heterocycles. The molecule has 0 saturated heterocycles. The van der Waals surface area contributed by atoms with Gasteiger partial charge in [-0.05, 0) is 31.2 Å². The molecule has 2 aromatic carbocycles. The number of hydrogen-bond acceptors (Lipinski definition) is 5. The fourth-order valence-electron chi connectivity index (χ4n) is 1.95. The average Bonchev–Trinajstić information content (AvgIpc) is 3.05. The summed E-state index contributed by atoms with van der Waals surface area (Å²) in [5, 5.41) is 12.1. The van der Waals surface area contributed by atoms with E-state index in [4.69, 9.17) is 0 Å². The molecule has 0 saturated carbocycles. The highest BCUT2D eigenvalue weighted by Gasteiger charge is 2.16. The minimum Gasteiger partial charge on any atom is -0.300 e. The number of amides is 1. The predicted molar refractivity (Wildman–Crippen MR) is 103 cm³/mol. The molecule has 0 bridgehead atoms. The zero-order valence-corrected chi connectivity index (χ0v) is 16.0. The Hall–Kier alpha value is -1.70. The SMILES string of the molecule is CC(Sc1ccccc1)C(=O)Nc1nnc(-c2ccc(Br)cc2)s1. The zero-order valence-electron chi connectivity index (χ0n) is 12.8. The summed E-state index contributed by atoms with van der Waals surface area (Å²) in [7, 11) is 0. The fourth-order valence-corrected chi connectivity index (χ4v) is 3.85. The first kappa shape index (κ1) is 17.1. The van der Waals surface area contributed by atoms with Crippen molar-refractivity contribution in [1.82, 2.24) is 10.2 Å². The van der Waals surface area contributed by atoms with Crippen molar-refractivity contribution in [3.8, 4) is 10.6 Å². The Bertz CT molecular complexity index is 821. The summed E-state index contributed by atoms with van der Waals surface area (Å²) in [4.78, 5) is 13.4. The number of benzene rings is 2. The Morgan fingerprint density at radius 2 is 1.83 bits per heavy atom. The highest BCUT2D eigenvalue weighted by Crippen LogP contribution is 2.28. The van der Waals surface area contributed by atoms with Gasteiger partial charge >= 0.3 is 0 Å². The minimum absolute atomic E-state index is 0.0811. The van der Waals surface area contributed by atoms with E-state index in [-0.39, 0.29) is 11.2 Å². The number of hydrogen-bond donors (Lipinski definition) is 1. The van der Waals surface area contributed by atoms with E-state index in [1.807, 2.05) is 61.5 Å². The predicted octanol–water partition coefficient (Wildman–Crippen LogP) is 5.09. The summed E-state index contributed by atoms with van der Waals surface area (Å²) < 4.78 is 1.01. The van der Waals surface area contributed by atoms with Gasteiger partial charge in [0.1, 0.15) is 5.01 Å². The normalized spacial score (nSPS) is 11.9. The van der Waals surface area contributed by atoms with Crippen molar-refractivity contribution >= 4 is 50.1 Å². The number of carbonyl (C=O) groups excluding carboxylic acids is 1. The van der Waals surface area contributed by atoms with Gasteiger partial charge < -0.3 is 0 Å². The molecule has 1 heterocycles. The van der Waals surface area contributed by atoms with E-state index in [1.165, 1.54) is 23.1 Å². The molecule has 3 rings (SSSR count). The maximum atomic E-state index is 12.3. The van der Waals surface area contributed by atoms with E-state index in [0.717, 1.165) is 19.9 Å². The zero-order chi connectivity index (χ0) is 16.9. The molecule has 4 nitrogen and oxygen atoms in total. The summed E-state index contributed by atoms with van der Waals surface area (Å²) in [6.45, 7) is 1.88. The molecule has 24 heavy (non-hydrogen) atoms. The van der Waals surface area contributed by atoms with Crippen LogP contribution in [0.5, 0.6) is 0 Å². The lowest BCUT2D eigenvalue weighted by Crippen LogP contribution is -2.22. The molecule has 1 amide bonds. The molecular weight excluding hydrogens is 406 g/mol. The molecule has 0 radical (unpaired) electrons. The van der Waals surface area contributed by atoms with Gasteiger partial charge in [-0.1, -0.05) is 57.6 Å². The standard InChI is InChI=1S/C17H14BrN3OS2/c1-11(23-14-5-3-2-4-6-14)15(22)19-17-21-20-16(24-17)12-7-9-13(18)10-8-12/h2-11H,1H3,(H,19,21,22). The first-order valence-corrected chi connectivity index (χ1v) is 9.73. The van der Waals surface area contributed by atoms with E-state index in [1.54, 1.807) is 0 Å². The summed E-state index contributed by atoms with van der Waals surface area (Å²) in [6, 6.07) is 17.7.